The lowest BCUT2D eigenvalue weighted by Gasteiger charge is -2.10. The zero-order chi connectivity index (χ0) is 17.8. The first kappa shape index (κ1) is 17.4. The minimum Gasteiger partial charge on any atom is -0.325 e. The number of imidazole rings is 1. The summed E-state index contributed by atoms with van der Waals surface area (Å²) in [7, 11) is 0. The van der Waals surface area contributed by atoms with Crippen molar-refractivity contribution in [2.24, 2.45) is 0 Å². The fraction of sp³-hybridized carbons (Fsp3) is 0.222. The minimum absolute atomic E-state index is 0.150. The number of carbonyl (C=O) groups excluding carboxylic acids is 1. The number of carbonyl (C=O) groups is 1. The van der Waals surface area contributed by atoms with E-state index in [1.54, 1.807) is 24.3 Å². The summed E-state index contributed by atoms with van der Waals surface area (Å²) in [5, 5.41) is 2.79. The Morgan fingerprint density at radius 1 is 1.20 bits per heavy atom. The van der Waals surface area contributed by atoms with Crippen LogP contribution in [0, 0.1) is 0 Å². The molecule has 1 N–H and O–H groups in total. The van der Waals surface area contributed by atoms with E-state index in [1.807, 2.05) is 35.8 Å². The molecule has 1 heterocycles. The van der Waals surface area contributed by atoms with E-state index in [1.165, 1.54) is 0 Å². The van der Waals surface area contributed by atoms with Crippen LogP contribution in [0.1, 0.15) is 12.7 Å². The monoisotopic (exact) mass is 361 g/mol. The molecule has 25 heavy (non-hydrogen) atoms. The van der Waals surface area contributed by atoms with Crippen molar-refractivity contribution in [2.45, 2.75) is 30.5 Å². The Balaban J connectivity index is 1.72. The molecular formula is C18H17F2N3OS. The Labute approximate surface area is 148 Å². The highest BCUT2D eigenvalue weighted by molar-refractivity contribution is 7.99. The van der Waals surface area contributed by atoms with Gasteiger partial charge in [-0.1, -0.05) is 30.8 Å². The maximum absolute atomic E-state index is 12.4. The standard InChI is InChI=1S/C18H17F2N3OS/c1-2-16-22-14-5-3-4-6-15(14)23(16)11-17(24)21-12-7-9-13(10-8-12)25-18(19)20/h3-10,18H,2,11H2,1H3,(H,21,24). The number of alkyl halides is 2. The van der Waals surface area contributed by atoms with Crippen LogP contribution in [0.3, 0.4) is 0 Å². The topological polar surface area (TPSA) is 46.9 Å². The van der Waals surface area contributed by atoms with Gasteiger partial charge in [0.05, 0.1) is 11.0 Å². The second-order valence-corrected chi connectivity index (χ2v) is 6.47. The van der Waals surface area contributed by atoms with Gasteiger partial charge in [-0.2, -0.15) is 8.78 Å². The fourth-order valence-electron chi connectivity index (χ4n) is 2.64. The van der Waals surface area contributed by atoms with Crippen LogP contribution in [0.4, 0.5) is 14.5 Å². The summed E-state index contributed by atoms with van der Waals surface area (Å²) in [6, 6.07) is 14.1. The number of hydrogen-bond donors (Lipinski definition) is 1. The molecule has 3 rings (SSSR count). The highest BCUT2D eigenvalue weighted by atomic mass is 32.2. The maximum atomic E-state index is 12.4. The molecular weight excluding hydrogens is 344 g/mol. The molecule has 0 radical (unpaired) electrons. The van der Waals surface area contributed by atoms with Crippen LogP contribution in [-0.4, -0.2) is 21.2 Å². The van der Waals surface area contributed by atoms with E-state index in [2.05, 4.69) is 10.3 Å². The van der Waals surface area contributed by atoms with Crippen molar-refractivity contribution in [3.63, 3.8) is 0 Å². The number of anilines is 1. The Morgan fingerprint density at radius 2 is 1.92 bits per heavy atom. The van der Waals surface area contributed by atoms with Gasteiger partial charge in [0.2, 0.25) is 5.91 Å². The summed E-state index contributed by atoms with van der Waals surface area (Å²) in [5.41, 5.74) is 2.35. The average Bonchev–Trinajstić information content (AvgIpc) is 2.94. The first-order valence-electron chi connectivity index (χ1n) is 7.85. The van der Waals surface area contributed by atoms with E-state index in [9.17, 15) is 13.6 Å². The fourth-order valence-corrected chi connectivity index (χ4v) is 3.13. The maximum Gasteiger partial charge on any atom is 0.288 e. The number of para-hydroxylation sites is 2. The second kappa shape index (κ2) is 7.65. The van der Waals surface area contributed by atoms with Crippen molar-refractivity contribution in [1.29, 1.82) is 0 Å². The van der Waals surface area contributed by atoms with Gasteiger partial charge in [-0.3, -0.25) is 4.79 Å². The van der Waals surface area contributed by atoms with Crippen molar-refractivity contribution in [1.82, 2.24) is 9.55 Å². The molecule has 130 valence electrons. The van der Waals surface area contributed by atoms with Crippen LogP contribution in [0.25, 0.3) is 11.0 Å². The van der Waals surface area contributed by atoms with Crippen molar-refractivity contribution in [3.05, 3.63) is 54.4 Å². The van der Waals surface area contributed by atoms with E-state index < -0.39 is 5.76 Å². The molecule has 0 saturated carbocycles. The number of nitrogens with zero attached hydrogens (tertiary/aromatic N) is 2. The highest BCUT2D eigenvalue weighted by Gasteiger charge is 2.12. The number of thioether (sulfide) groups is 1. The first-order valence-corrected chi connectivity index (χ1v) is 8.73. The van der Waals surface area contributed by atoms with E-state index in [-0.39, 0.29) is 12.5 Å². The van der Waals surface area contributed by atoms with E-state index >= 15 is 0 Å². The number of aromatic nitrogens is 2. The lowest BCUT2D eigenvalue weighted by atomic mass is 10.3. The number of aryl methyl sites for hydroxylation is 1. The summed E-state index contributed by atoms with van der Waals surface area (Å²) in [6.45, 7) is 2.15. The summed E-state index contributed by atoms with van der Waals surface area (Å²) in [4.78, 5) is 17.4. The van der Waals surface area contributed by atoms with Gasteiger partial charge < -0.3 is 9.88 Å². The van der Waals surface area contributed by atoms with Gasteiger partial charge in [0, 0.05) is 17.0 Å². The molecule has 0 saturated heterocycles. The lowest BCUT2D eigenvalue weighted by Crippen LogP contribution is -2.20. The molecule has 0 bridgehead atoms. The SMILES string of the molecule is CCc1nc2ccccc2n1CC(=O)Nc1ccc(SC(F)F)cc1. The Morgan fingerprint density at radius 3 is 2.60 bits per heavy atom. The van der Waals surface area contributed by atoms with Crippen molar-refractivity contribution >= 4 is 34.4 Å². The molecule has 3 aromatic rings. The predicted octanol–water partition coefficient (Wildman–Crippen LogP) is 4.55. The van der Waals surface area contributed by atoms with Gasteiger partial charge in [0.15, 0.2) is 0 Å². The first-order chi connectivity index (χ1) is 12.1. The molecule has 1 aromatic heterocycles. The average molecular weight is 361 g/mol. The summed E-state index contributed by atoms with van der Waals surface area (Å²) < 4.78 is 26.5. The molecule has 1 amide bonds. The third kappa shape index (κ3) is 4.17. The molecule has 0 unspecified atom stereocenters. The number of fused-ring (bicyclic) bond motifs is 1. The molecule has 0 fully saturated rings. The number of nitrogens with one attached hydrogen (secondary N) is 1. The summed E-state index contributed by atoms with van der Waals surface area (Å²) >= 11 is 0.478. The highest BCUT2D eigenvalue weighted by Crippen LogP contribution is 2.26. The second-order valence-electron chi connectivity index (χ2n) is 5.41. The lowest BCUT2D eigenvalue weighted by molar-refractivity contribution is -0.116. The normalized spacial score (nSPS) is 11.2. The largest absolute Gasteiger partial charge is 0.325 e. The van der Waals surface area contributed by atoms with Gasteiger partial charge >= 0.3 is 0 Å². The predicted molar refractivity (Wildman–Crippen MR) is 96.0 cm³/mol. The van der Waals surface area contributed by atoms with Crippen molar-refractivity contribution in [3.8, 4) is 0 Å². The number of hydrogen-bond acceptors (Lipinski definition) is 3. The Hall–Kier alpha value is -2.41. The van der Waals surface area contributed by atoms with Gasteiger partial charge in [-0.15, -0.1) is 0 Å². The number of rotatable bonds is 6. The van der Waals surface area contributed by atoms with Gasteiger partial charge in [0.1, 0.15) is 12.4 Å². The molecule has 2 aromatic carbocycles. The molecule has 0 spiro atoms. The number of amides is 1. The van der Waals surface area contributed by atoms with Crippen LogP contribution >= 0.6 is 11.8 Å². The Bertz CT molecular complexity index is 878. The van der Waals surface area contributed by atoms with Gasteiger partial charge in [-0.05, 0) is 36.4 Å². The summed E-state index contributed by atoms with van der Waals surface area (Å²) in [6.07, 6.45) is 0.724. The summed E-state index contributed by atoms with van der Waals surface area (Å²) in [5.74, 6) is -1.80. The molecule has 0 atom stereocenters. The zero-order valence-corrected chi connectivity index (χ0v) is 14.4. The molecule has 4 nitrogen and oxygen atoms in total. The van der Waals surface area contributed by atoms with E-state index in [0.717, 1.165) is 23.3 Å². The van der Waals surface area contributed by atoms with Gasteiger partial charge in [0.25, 0.3) is 5.76 Å². The van der Waals surface area contributed by atoms with Crippen LogP contribution in [0.2, 0.25) is 0 Å². The van der Waals surface area contributed by atoms with Gasteiger partial charge in [-0.25, -0.2) is 4.98 Å². The van der Waals surface area contributed by atoms with Crippen molar-refractivity contribution in [2.75, 3.05) is 5.32 Å². The van der Waals surface area contributed by atoms with E-state index in [4.69, 9.17) is 0 Å². The molecule has 0 aliphatic carbocycles. The van der Waals surface area contributed by atoms with Crippen LogP contribution < -0.4 is 5.32 Å². The smallest absolute Gasteiger partial charge is 0.288 e. The molecule has 0 aliphatic heterocycles. The van der Waals surface area contributed by atoms with Crippen LogP contribution in [0.15, 0.2) is 53.4 Å². The third-order valence-electron chi connectivity index (χ3n) is 3.71. The number of benzene rings is 2. The minimum atomic E-state index is -2.46. The Kier molecular flexibility index (Phi) is 5.33. The quantitative estimate of drug-likeness (QED) is 0.655. The van der Waals surface area contributed by atoms with Crippen LogP contribution in [-0.2, 0) is 17.8 Å². The third-order valence-corrected chi connectivity index (χ3v) is 4.44. The van der Waals surface area contributed by atoms with E-state index in [0.29, 0.717) is 22.3 Å². The zero-order valence-electron chi connectivity index (χ0n) is 13.6. The number of halogens is 2. The van der Waals surface area contributed by atoms with Crippen LogP contribution in [0.5, 0.6) is 0 Å². The molecule has 0 aliphatic rings. The van der Waals surface area contributed by atoms with Crippen molar-refractivity contribution < 1.29 is 13.6 Å². The molecule has 7 heteroatoms.